The minimum Gasteiger partial charge on any atom is -0.427 e. The molecular weight excluding hydrogens is 304 g/mol. The van der Waals surface area contributed by atoms with Gasteiger partial charge in [0.1, 0.15) is 5.75 Å². The average molecular weight is 310 g/mol. The molecule has 0 radical (unpaired) electrons. The molecule has 1 atom stereocenters. The second-order valence-corrected chi connectivity index (χ2v) is 3.64. The normalized spacial score (nSPS) is 14.3. The largest absolute Gasteiger partial charge is 0.525 e. The molecular formula is C9H6ClF6NO2. The SMILES string of the molecule is Nc1ccc(OC(F)(F)[C@H](F)OC(F)(F)F)c(Cl)c1. The molecule has 0 spiro atoms. The van der Waals surface area contributed by atoms with E-state index in [0.717, 1.165) is 18.2 Å². The summed E-state index contributed by atoms with van der Waals surface area (Å²) in [6.07, 6.45) is -14.5. The monoisotopic (exact) mass is 309 g/mol. The Hall–Kier alpha value is -1.35. The number of halogens is 7. The Morgan fingerprint density at radius 1 is 1.16 bits per heavy atom. The van der Waals surface area contributed by atoms with Gasteiger partial charge in [0.05, 0.1) is 5.02 Å². The summed E-state index contributed by atoms with van der Waals surface area (Å²) in [5.41, 5.74) is 5.36. The Bertz CT molecular complexity index is 453. The van der Waals surface area contributed by atoms with Gasteiger partial charge in [-0.25, -0.2) is 9.13 Å². The fraction of sp³-hybridized carbons (Fsp3) is 0.333. The van der Waals surface area contributed by atoms with Crippen molar-refractivity contribution in [2.45, 2.75) is 18.8 Å². The van der Waals surface area contributed by atoms with E-state index >= 15 is 0 Å². The van der Waals surface area contributed by atoms with E-state index in [4.69, 9.17) is 17.3 Å². The zero-order chi connectivity index (χ0) is 14.8. The number of nitrogen functional groups attached to an aromatic ring is 1. The minimum absolute atomic E-state index is 0.101. The first-order valence-corrected chi connectivity index (χ1v) is 4.89. The number of benzene rings is 1. The maximum atomic E-state index is 13.0. The number of ether oxygens (including phenoxy) is 2. The van der Waals surface area contributed by atoms with Gasteiger partial charge in [-0.15, -0.1) is 13.2 Å². The Morgan fingerprint density at radius 3 is 2.21 bits per heavy atom. The Labute approximate surface area is 107 Å². The summed E-state index contributed by atoms with van der Waals surface area (Å²) in [6.45, 7) is 0. The number of alkyl halides is 6. The van der Waals surface area contributed by atoms with Gasteiger partial charge in [-0.2, -0.15) is 8.78 Å². The van der Waals surface area contributed by atoms with E-state index in [1.165, 1.54) is 0 Å². The first-order chi connectivity index (χ1) is 8.51. The molecule has 0 fully saturated rings. The summed E-state index contributed by atoms with van der Waals surface area (Å²) in [6, 6.07) is 2.95. The molecule has 0 saturated carbocycles. The van der Waals surface area contributed by atoms with E-state index in [-0.39, 0.29) is 5.69 Å². The molecule has 1 rings (SSSR count). The molecule has 19 heavy (non-hydrogen) atoms. The Morgan fingerprint density at radius 2 is 1.74 bits per heavy atom. The molecule has 0 saturated heterocycles. The van der Waals surface area contributed by atoms with Crippen LogP contribution >= 0.6 is 11.6 Å². The number of rotatable bonds is 4. The lowest BCUT2D eigenvalue weighted by Gasteiger charge is -2.22. The van der Waals surface area contributed by atoms with Gasteiger partial charge in [0.2, 0.25) is 0 Å². The highest BCUT2D eigenvalue weighted by Crippen LogP contribution is 2.35. The lowest BCUT2D eigenvalue weighted by atomic mass is 10.3. The van der Waals surface area contributed by atoms with E-state index in [1.807, 2.05) is 0 Å². The molecule has 0 aromatic heterocycles. The summed E-state index contributed by atoms with van der Waals surface area (Å²) in [5, 5.41) is -0.418. The van der Waals surface area contributed by atoms with Gasteiger partial charge in [0.15, 0.2) is 0 Å². The molecule has 0 heterocycles. The first-order valence-electron chi connectivity index (χ1n) is 4.52. The smallest absolute Gasteiger partial charge is 0.427 e. The summed E-state index contributed by atoms with van der Waals surface area (Å²) >= 11 is 5.45. The van der Waals surface area contributed by atoms with Crippen molar-refractivity contribution < 1.29 is 35.8 Å². The minimum atomic E-state index is -5.57. The van der Waals surface area contributed by atoms with Crippen LogP contribution in [0.3, 0.4) is 0 Å². The number of anilines is 1. The predicted molar refractivity (Wildman–Crippen MR) is 53.5 cm³/mol. The quantitative estimate of drug-likeness (QED) is 0.681. The molecule has 3 nitrogen and oxygen atoms in total. The van der Waals surface area contributed by atoms with Crippen molar-refractivity contribution >= 4 is 17.3 Å². The highest BCUT2D eigenvalue weighted by Gasteiger charge is 2.50. The van der Waals surface area contributed by atoms with Crippen molar-refractivity contribution in [3.8, 4) is 5.75 Å². The molecule has 0 aliphatic rings. The number of hydrogen-bond acceptors (Lipinski definition) is 3. The second kappa shape index (κ2) is 5.33. The van der Waals surface area contributed by atoms with Crippen LogP contribution in [0.2, 0.25) is 5.02 Å². The summed E-state index contributed by atoms with van der Waals surface area (Å²) in [4.78, 5) is 0. The van der Waals surface area contributed by atoms with Gasteiger partial charge in [-0.05, 0) is 18.2 Å². The van der Waals surface area contributed by atoms with E-state index in [9.17, 15) is 26.3 Å². The van der Waals surface area contributed by atoms with Gasteiger partial charge < -0.3 is 10.5 Å². The third-order valence-electron chi connectivity index (χ3n) is 1.70. The van der Waals surface area contributed by atoms with Gasteiger partial charge in [0.25, 0.3) is 0 Å². The lowest BCUT2D eigenvalue weighted by Crippen LogP contribution is -2.41. The van der Waals surface area contributed by atoms with Crippen LogP contribution in [0.5, 0.6) is 5.75 Å². The average Bonchev–Trinajstić information content (AvgIpc) is 2.19. The molecule has 0 amide bonds. The van der Waals surface area contributed by atoms with Crippen LogP contribution in [-0.4, -0.2) is 18.8 Å². The summed E-state index contributed by atoms with van der Waals surface area (Å²) < 4.78 is 79.8. The second-order valence-electron chi connectivity index (χ2n) is 3.23. The molecule has 1 aromatic carbocycles. The fourth-order valence-electron chi connectivity index (χ4n) is 0.979. The van der Waals surface area contributed by atoms with Crippen molar-refractivity contribution in [2.75, 3.05) is 5.73 Å². The van der Waals surface area contributed by atoms with Crippen LogP contribution in [0.25, 0.3) is 0 Å². The molecule has 2 N–H and O–H groups in total. The maximum Gasteiger partial charge on any atom is 0.525 e. The van der Waals surface area contributed by atoms with Crippen molar-refractivity contribution in [3.05, 3.63) is 23.2 Å². The zero-order valence-corrected chi connectivity index (χ0v) is 9.60. The predicted octanol–water partition coefficient (Wildman–Crippen LogP) is 3.73. The van der Waals surface area contributed by atoms with Gasteiger partial charge in [-0.3, -0.25) is 0 Å². The molecule has 0 unspecified atom stereocenters. The van der Waals surface area contributed by atoms with E-state index in [0.29, 0.717) is 0 Å². The van der Waals surface area contributed by atoms with Crippen molar-refractivity contribution in [2.24, 2.45) is 0 Å². The van der Waals surface area contributed by atoms with Crippen LogP contribution in [0.15, 0.2) is 18.2 Å². The zero-order valence-electron chi connectivity index (χ0n) is 8.85. The summed E-state index contributed by atoms with van der Waals surface area (Å²) in [5.74, 6) is -0.741. The van der Waals surface area contributed by atoms with Crippen molar-refractivity contribution in [3.63, 3.8) is 0 Å². The molecule has 0 aliphatic carbocycles. The highest BCUT2D eigenvalue weighted by atomic mass is 35.5. The highest BCUT2D eigenvalue weighted by molar-refractivity contribution is 6.32. The van der Waals surface area contributed by atoms with Crippen LogP contribution in [0.4, 0.5) is 32.0 Å². The van der Waals surface area contributed by atoms with Crippen molar-refractivity contribution in [1.82, 2.24) is 0 Å². The van der Waals surface area contributed by atoms with Gasteiger partial charge in [0, 0.05) is 5.69 Å². The van der Waals surface area contributed by atoms with E-state index < -0.39 is 29.6 Å². The summed E-state index contributed by atoms with van der Waals surface area (Å²) in [7, 11) is 0. The number of hydrogen-bond donors (Lipinski definition) is 1. The topological polar surface area (TPSA) is 44.5 Å². The molecule has 0 aliphatic heterocycles. The number of nitrogens with two attached hydrogens (primary N) is 1. The van der Waals surface area contributed by atoms with Crippen LogP contribution in [0, 0.1) is 0 Å². The van der Waals surface area contributed by atoms with Crippen LogP contribution in [0.1, 0.15) is 0 Å². The molecule has 0 bridgehead atoms. The third-order valence-corrected chi connectivity index (χ3v) is 2.00. The van der Waals surface area contributed by atoms with E-state index in [2.05, 4.69) is 9.47 Å². The maximum absolute atomic E-state index is 13.0. The Balaban J connectivity index is 2.83. The molecule has 1 aromatic rings. The third kappa shape index (κ3) is 4.67. The Kier molecular flexibility index (Phi) is 4.41. The molecule has 108 valence electrons. The fourth-order valence-corrected chi connectivity index (χ4v) is 1.21. The van der Waals surface area contributed by atoms with Crippen LogP contribution < -0.4 is 10.5 Å². The van der Waals surface area contributed by atoms with Gasteiger partial charge in [-0.1, -0.05) is 11.6 Å². The van der Waals surface area contributed by atoms with Crippen molar-refractivity contribution in [1.29, 1.82) is 0 Å². The van der Waals surface area contributed by atoms with Gasteiger partial charge >= 0.3 is 18.8 Å². The van der Waals surface area contributed by atoms with Crippen LogP contribution in [-0.2, 0) is 4.74 Å². The first kappa shape index (κ1) is 15.7. The lowest BCUT2D eigenvalue weighted by molar-refractivity contribution is -0.411. The standard InChI is InChI=1S/C9H6ClF6NO2/c10-5-3-4(17)1-2-6(5)18-8(12,13)7(11)19-9(14,15)16/h1-3,7H,17H2/t7-/m1/s1. The molecule has 10 heteroatoms. The van der Waals surface area contributed by atoms with E-state index in [1.54, 1.807) is 0 Å².